The van der Waals surface area contributed by atoms with Gasteiger partial charge in [-0.1, -0.05) is 0 Å². The Morgan fingerprint density at radius 1 is 1.55 bits per heavy atom. The molecule has 2 rings (SSSR count). The van der Waals surface area contributed by atoms with Crippen LogP contribution in [0.25, 0.3) is 6.20 Å². The molecule has 0 aliphatic carbocycles. The van der Waals surface area contributed by atoms with E-state index in [9.17, 15) is 8.42 Å². The first kappa shape index (κ1) is 6.41. The highest BCUT2D eigenvalue weighted by atomic mass is 32.2. The molecule has 0 saturated heterocycles. The molecule has 0 aromatic carbocycles. The predicted octanol–water partition coefficient (Wildman–Crippen LogP) is 0.0666. The average Bonchev–Trinajstić information content (AvgIpc) is 2.31. The first-order valence-corrected chi connectivity index (χ1v) is 4.45. The van der Waals surface area contributed by atoms with Crippen molar-refractivity contribution in [2.75, 3.05) is 4.72 Å². The summed E-state index contributed by atoms with van der Waals surface area (Å²) in [6, 6.07) is 0. The molecular formula is C5H5N3O2S. The van der Waals surface area contributed by atoms with Crippen molar-refractivity contribution in [3.05, 3.63) is 17.9 Å². The first-order valence-electron chi connectivity index (χ1n) is 2.90. The first-order chi connectivity index (χ1) is 5.17. The Bertz CT molecular complexity index is 403. The molecule has 5 nitrogen and oxygen atoms in total. The van der Waals surface area contributed by atoms with E-state index in [1.807, 2.05) is 0 Å². The van der Waals surface area contributed by atoms with Gasteiger partial charge in [0, 0.05) is 6.20 Å². The molecule has 0 saturated carbocycles. The van der Waals surface area contributed by atoms with Gasteiger partial charge in [0.25, 0.3) is 10.0 Å². The van der Waals surface area contributed by atoms with E-state index in [4.69, 9.17) is 0 Å². The number of anilines is 1. The zero-order valence-electron chi connectivity index (χ0n) is 5.43. The van der Waals surface area contributed by atoms with E-state index in [0.29, 0.717) is 5.82 Å². The summed E-state index contributed by atoms with van der Waals surface area (Å²) in [5, 5.41) is 1.08. The van der Waals surface area contributed by atoms with E-state index in [0.717, 1.165) is 5.41 Å². The van der Waals surface area contributed by atoms with Crippen LogP contribution < -0.4 is 4.72 Å². The number of hydrogen-bond donors (Lipinski definition) is 1. The molecule has 0 bridgehead atoms. The second-order valence-electron chi connectivity index (χ2n) is 2.12. The summed E-state index contributed by atoms with van der Waals surface area (Å²) in [5.41, 5.74) is 0. The highest BCUT2D eigenvalue weighted by Gasteiger charge is 2.13. The molecule has 0 unspecified atom stereocenters. The van der Waals surface area contributed by atoms with E-state index in [2.05, 4.69) is 9.71 Å². The van der Waals surface area contributed by atoms with Gasteiger partial charge >= 0.3 is 0 Å². The number of nitrogens with one attached hydrogen (secondary N) is 1. The Labute approximate surface area is 63.4 Å². The summed E-state index contributed by atoms with van der Waals surface area (Å²) < 4.78 is 25.6. The zero-order valence-corrected chi connectivity index (χ0v) is 6.25. The Kier molecular flexibility index (Phi) is 1.08. The fourth-order valence-corrected chi connectivity index (χ4v) is 1.64. The Morgan fingerprint density at radius 2 is 2.36 bits per heavy atom. The fraction of sp³-hybridized carbons (Fsp3) is 0. The van der Waals surface area contributed by atoms with Crippen molar-refractivity contribution in [2.24, 2.45) is 0 Å². The van der Waals surface area contributed by atoms with Gasteiger partial charge in [0.05, 0.1) is 11.6 Å². The van der Waals surface area contributed by atoms with Gasteiger partial charge in [0.1, 0.15) is 12.1 Å². The average molecular weight is 171 g/mol. The van der Waals surface area contributed by atoms with E-state index in [-0.39, 0.29) is 0 Å². The molecule has 0 spiro atoms. The van der Waals surface area contributed by atoms with Crippen LogP contribution in [0.3, 0.4) is 0 Å². The van der Waals surface area contributed by atoms with Gasteiger partial charge in [-0.05, 0) is 0 Å². The molecule has 11 heavy (non-hydrogen) atoms. The summed E-state index contributed by atoms with van der Waals surface area (Å²) in [7, 11) is -3.26. The monoisotopic (exact) mass is 171 g/mol. The van der Waals surface area contributed by atoms with Gasteiger partial charge in [0.15, 0.2) is 0 Å². The largest absolute Gasteiger partial charge is 0.291 e. The molecule has 0 fully saturated rings. The minimum absolute atomic E-state index is 0.465. The van der Waals surface area contributed by atoms with Crippen molar-refractivity contribution < 1.29 is 8.42 Å². The molecular weight excluding hydrogens is 166 g/mol. The van der Waals surface area contributed by atoms with Crippen LogP contribution in [0.1, 0.15) is 0 Å². The van der Waals surface area contributed by atoms with E-state index < -0.39 is 10.0 Å². The Morgan fingerprint density at radius 3 is 3.18 bits per heavy atom. The summed E-state index contributed by atoms with van der Waals surface area (Å²) in [6.45, 7) is 0. The highest BCUT2D eigenvalue weighted by molar-refractivity contribution is 7.95. The van der Waals surface area contributed by atoms with Gasteiger partial charge in [-0.3, -0.25) is 9.29 Å². The van der Waals surface area contributed by atoms with Crippen molar-refractivity contribution in [2.45, 2.75) is 0 Å². The topological polar surface area (TPSA) is 64.0 Å². The lowest BCUT2D eigenvalue weighted by molar-refractivity contribution is 0.608. The highest BCUT2D eigenvalue weighted by Crippen LogP contribution is 2.14. The predicted molar refractivity (Wildman–Crippen MR) is 40.1 cm³/mol. The summed E-state index contributed by atoms with van der Waals surface area (Å²) in [4.78, 5) is 3.75. The van der Waals surface area contributed by atoms with Gasteiger partial charge in [-0.25, -0.2) is 13.4 Å². The van der Waals surface area contributed by atoms with Crippen LogP contribution in [0.5, 0.6) is 0 Å². The lowest BCUT2D eigenvalue weighted by atomic mass is 10.7. The van der Waals surface area contributed by atoms with Gasteiger partial charge < -0.3 is 0 Å². The summed E-state index contributed by atoms with van der Waals surface area (Å²) in [5.74, 6) is 0.465. The number of nitrogens with zero attached hydrogens (tertiary/aromatic N) is 2. The van der Waals surface area contributed by atoms with Crippen LogP contribution in [0.15, 0.2) is 17.9 Å². The van der Waals surface area contributed by atoms with E-state index >= 15 is 0 Å². The van der Waals surface area contributed by atoms with E-state index in [1.165, 1.54) is 18.7 Å². The van der Waals surface area contributed by atoms with Crippen molar-refractivity contribution in [3.63, 3.8) is 0 Å². The van der Waals surface area contributed by atoms with Crippen LogP contribution in [-0.4, -0.2) is 18.0 Å². The molecule has 6 heteroatoms. The summed E-state index contributed by atoms with van der Waals surface area (Å²) >= 11 is 0. The number of sulfonamides is 1. The van der Waals surface area contributed by atoms with Crippen molar-refractivity contribution in [3.8, 4) is 0 Å². The molecule has 1 aliphatic rings. The van der Waals surface area contributed by atoms with Crippen LogP contribution in [-0.2, 0) is 10.0 Å². The molecule has 1 aliphatic heterocycles. The second kappa shape index (κ2) is 1.85. The van der Waals surface area contributed by atoms with E-state index in [1.54, 1.807) is 4.57 Å². The molecule has 1 aromatic heterocycles. The maximum atomic E-state index is 10.9. The maximum Gasteiger partial charge on any atom is 0.257 e. The van der Waals surface area contributed by atoms with Crippen molar-refractivity contribution in [1.29, 1.82) is 0 Å². The molecule has 0 radical (unpaired) electrons. The molecule has 1 aromatic rings. The normalized spacial score (nSPS) is 18.9. The summed E-state index contributed by atoms with van der Waals surface area (Å²) in [6.07, 6.45) is 4.41. The maximum absolute atomic E-state index is 10.9. The number of aromatic nitrogens is 2. The fourth-order valence-electron chi connectivity index (χ4n) is 0.828. The molecule has 0 atom stereocenters. The van der Waals surface area contributed by atoms with Gasteiger partial charge in [-0.2, -0.15) is 0 Å². The number of rotatable bonds is 0. The Balaban J connectivity index is 2.60. The molecule has 2 heterocycles. The third-order valence-corrected chi connectivity index (χ3v) is 2.29. The zero-order chi connectivity index (χ0) is 7.90. The molecule has 1 N–H and O–H groups in total. The lowest BCUT2D eigenvalue weighted by Gasteiger charge is -2.09. The van der Waals surface area contributed by atoms with Crippen LogP contribution in [0.4, 0.5) is 5.82 Å². The third-order valence-electron chi connectivity index (χ3n) is 1.31. The van der Waals surface area contributed by atoms with Crippen LogP contribution >= 0.6 is 0 Å². The van der Waals surface area contributed by atoms with Gasteiger partial charge in [0.2, 0.25) is 0 Å². The minimum atomic E-state index is -3.26. The van der Waals surface area contributed by atoms with Crippen LogP contribution in [0.2, 0.25) is 0 Å². The number of hydrogen-bond acceptors (Lipinski definition) is 3. The number of imidazole rings is 1. The number of fused-ring (bicyclic) bond motifs is 1. The lowest BCUT2D eigenvalue weighted by Crippen LogP contribution is -2.14. The minimum Gasteiger partial charge on any atom is -0.291 e. The molecule has 58 valence electrons. The second-order valence-corrected chi connectivity index (χ2v) is 3.68. The standard InChI is InChI=1S/C5H5N3O2S/c9-11(10)2-1-8-4-6-3-5(8)7-11/h1-4,7H. The van der Waals surface area contributed by atoms with Crippen molar-refractivity contribution in [1.82, 2.24) is 9.55 Å². The van der Waals surface area contributed by atoms with Gasteiger partial charge in [-0.15, -0.1) is 0 Å². The third kappa shape index (κ3) is 1.01. The Hall–Kier alpha value is -1.30. The quantitative estimate of drug-likeness (QED) is 0.600. The smallest absolute Gasteiger partial charge is 0.257 e. The molecule has 0 amide bonds. The van der Waals surface area contributed by atoms with Crippen molar-refractivity contribution >= 4 is 22.0 Å². The van der Waals surface area contributed by atoms with Crippen LogP contribution in [0, 0.1) is 0 Å². The SMILES string of the molecule is O=S1(=O)C=Cn2cncc2N1.